The van der Waals surface area contributed by atoms with Gasteiger partial charge >= 0.3 is 11.9 Å². The highest BCUT2D eigenvalue weighted by Crippen LogP contribution is 2.20. The predicted octanol–water partition coefficient (Wildman–Crippen LogP) is 6.04. The monoisotopic (exact) mass is 599 g/mol. The molecule has 3 aromatic rings. The van der Waals surface area contributed by atoms with Crippen molar-refractivity contribution in [2.75, 3.05) is 19.7 Å². The third-order valence-electron chi connectivity index (χ3n) is 7.97. The zero-order valence-electron chi connectivity index (χ0n) is 25.1. The van der Waals surface area contributed by atoms with Crippen molar-refractivity contribution in [2.24, 2.45) is 5.92 Å². The Bertz CT molecular complexity index is 1390. The molecule has 0 radical (unpaired) electrons. The lowest BCUT2D eigenvalue weighted by atomic mass is 9.92. The fraction of sp³-hybridized carbons (Fsp3) is 0.361. The van der Waals surface area contributed by atoms with Gasteiger partial charge in [0.1, 0.15) is 12.2 Å². The zero-order valence-corrected chi connectivity index (χ0v) is 25.1. The predicted molar refractivity (Wildman–Crippen MR) is 168 cm³/mol. The molecule has 44 heavy (non-hydrogen) atoms. The molecule has 232 valence electrons. The van der Waals surface area contributed by atoms with E-state index in [1.54, 1.807) is 37.5 Å². The number of hydrogen-bond donors (Lipinski definition) is 2. The number of aryl methyl sites for hydroxylation is 1. The summed E-state index contributed by atoms with van der Waals surface area (Å²) >= 11 is 0. The molecule has 3 aromatic carbocycles. The van der Waals surface area contributed by atoms with Gasteiger partial charge in [0, 0.05) is 19.5 Å². The van der Waals surface area contributed by atoms with Gasteiger partial charge in [0.15, 0.2) is 0 Å². The average Bonchev–Trinajstić information content (AvgIpc) is 3.02. The van der Waals surface area contributed by atoms with E-state index in [2.05, 4.69) is 18.2 Å². The third kappa shape index (κ3) is 10.1. The first-order valence-electron chi connectivity index (χ1n) is 15.2. The summed E-state index contributed by atoms with van der Waals surface area (Å²) in [6.07, 6.45) is 8.00. The highest BCUT2D eigenvalue weighted by molar-refractivity contribution is 5.88. The number of benzene rings is 3. The van der Waals surface area contributed by atoms with Crippen molar-refractivity contribution in [3.8, 4) is 0 Å². The van der Waals surface area contributed by atoms with Crippen molar-refractivity contribution in [3.05, 3.63) is 119 Å². The molecule has 8 heteroatoms. The van der Waals surface area contributed by atoms with E-state index in [0.29, 0.717) is 26.1 Å². The Morgan fingerprint density at radius 2 is 1.50 bits per heavy atom. The maximum atomic E-state index is 12.5. The molecule has 8 nitrogen and oxygen atoms in total. The van der Waals surface area contributed by atoms with Gasteiger partial charge in [-0.15, -0.1) is 0 Å². The molecule has 1 amide bonds. The largest absolute Gasteiger partial charge is 0.498 e. The van der Waals surface area contributed by atoms with E-state index in [9.17, 15) is 24.6 Å². The summed E-state index contributed by atoms with van der Waals surface area (Å²) in [5, 5.41) is 18.5. The van der Waals surface area contributed by atoms with Crippen LogP contribution in [0.2, 0.25) is 0 Å². The van der Waals surface area contributed by atoms with Crippen molar-refractivity contribution in [3.63, 3.8) is 0 Å². The molecule has 1 aliphatic rings. The number of nitrogens with zero attached hydrogens (tertiary/aromatic N) is 1. The number of carboxylic acids is 2. The summed E-state index contributed by atoms with van der Waals surface area (Å²) in [7, 11) is 0. The first-order valence-corrected chi connectivity index (χ1v) is 15.2. The SMILES string of the molecule is CC1OCCN(CCCC(Cc2ccccc2)O/C=C/C(CCc2ccc(C(=O)O)cc2)Cc2ccc(C(=O)O)cc2)C1=O. The standard InChI is InChI=1S/C36H41NO7/c1-26-34(38)37(21-23-43-26)20-5-8-33(25-28-6-3-2-4-7-28)44-22-19-30(24-29-13-17-32(18-14-29)36(41)42)10-9-27-11-15-31(16-12-27)35(39)40/h2-4,6-7,11-19,22,26,30,33H,5,8-10,20-21,23-25H2,1H3,(H,39,40)(H,41,42)/b22-19+. The van der Waals surface area contributed by atoms with Crippen LogP contribution in [-0.2, 0) is 33.5 Å². The molecule has 3 atom stereocenters. The van der Waals surface area contributed by atoms with Gasteiger partial charge in [-0.3, -0.25) is 4.79 Å². The maximum Gasteiger partial charge on any atom is 0.335 e. The van der Waals surface area contributed by atoms with E-state index in [1.807, 2.05) is 47.4 Å². The minimum Gasteiger partial charge on any atom is -0.498 e. The van der Waals surface area contributed by atoms with E-state index in [0.717, 1.165) is 43.2 Å². The van der Waals surface area contributed by atoms with E-state index in [4.69, 9.17) is 9.47 Å². The normalized spacial score (nSPS) is 16.5. The van der Waals surface area contributed by atoms with Crippen LogP contribution in [0.25, 0.3) is 0 Å². The second-order valence-electron chi connectivity index (χ2n) is 11.3. The van der Waals surface area contributed by atoms with Crippen LogP contribution in [0.4, 0.5) is 0 Å². The van der Waals surface area contributed by atoms with Crippen LogP contribution in [-0.4, -0.2) is 64.9 Å². The number of carboxylic acid groups (broad SMARTS) is 2. The Balaban J connectivity index is 1.42. The average molecular weight is 600 g/mol. The molecule has 2 N–H and O–H groups in total. The molecular formula is C36H41NO7. The number of rotatable bonds is 16. The van der Waals surface area contributed by atoms with Gasteiger partial charge in [0.05, 0.1) is 24.0 Å². The Morgan fingerprint density at radius 3 is 2.14 bits per heavy atom. The zero-order chi connectivity index (χ0) is 31.3. The summed E-state index contributed by atoms with van der Waals surface area (Å²) in [6, 6.07) is 24.1. The van der Waals surface area contributed by atoms with Gasteiger partial charge < -0.3 is 24.6 Å². The Kier molecular flexibility index (Phi) is 12.1. The van der Waals surface area contributed by atoms with Gasteiger partial charge in [-0.05, 0) is 92.0 Å². The molecule has 1 saturated heterocycles. The number of hydrogen-bond acceptors (Lipinski definition) is 5. The van der Waals surface area contributed by atoms with E-state index >= 15 is 0 Å². The fourth-order valence-electron chi connectivity index (χ4n) is 5.39. The van der Waals surface area contributed by atoms with Crippen molar-refractivity contribution < 1.29 is 34.1 Å². The molecule has 1 fully saturated rings. The summed E-state index contributed by atoms with van der Waals surface area (Å²) in [6.45, 7) is 3.63. The van der Waals surface area contributed by atoms with E-state index < -0.39 is 18.0 Å². The number of carbonyl (C=O) groups is 3. The smallest absolute Gasteiger partial charge is 0.335 e. The lowest BCUT2D eigenvalue weighted by Crippen LogP contribution is -2.46. The van der Waals surface area contributed by atoms with Crippen LogP contribution < -0.4 is 0 Å². The summed E-state index contributed by atoms with van der Waals surface area (Å²) in [4.78, 5) is 36.9. The Hall–Kier alpha value is -4.43. The first-order chi connectivity index (χ1) is 21.3. The number of morpholine rings is 1. The van der Waals surface area contributed by atoms with Gasteiger partial charge in [0.2, 0.25) is 0 Å². The minimum absolute atomic E-state index is 0.0357. The molecular weight excluding hydrogens is 558 g/mol. The van der Waals surface area contributed by atoms with Gasteiger partial charge in [-0.2, -0.15) is 0 Å². The van der Waals surface area contributed by atoms with Crippen LogP contribution >= 0.6 is 0 Å². The van der Waals surface area contributed by atoms with E-state index in [1.165, 1.54) is 5.56 Å². The molecule has 0 bridgehead atoms. The fourth-order valence-corrected chi connectivity index (χ4v) is 5.39. The molecule has 0 saturated carbocycles. The Labute approximate surface area is 258 Å². The number of amides is 1. The lowest BCUT2D eigenvalue weighted by molar-refractivity contribution is -0.151. The van der Waals surface area contributed by atoms with Gasteiger partial charge in [-0.25, -0.2) is 9.59 Å². The number of ether oxygens (including phenoxy) is 2. The van der Waals surface area contributed by atoms with Crippen LogP contribution in [0, 0.1) is 5.92 Å². The number of aromatic carboxylic acids is 2. The maximum absolute atomic E-state index is 12.5. The van der Waals surface area contributed by atoms with Crippen LogP contribution in [0.3, 0.4) is 0 Å². The molecule has 0 aliphatic carbocycles. The Morgan fingerprint density at radius 1 is 0.886 bits per heavy atom. The molecule has 1 heterocycles. The van der Waals surface area contributed by atoms with Crippen LogP contribution in [0.5, 0.6) is 0 Å². The first kappa shape index (κ1) is 32.5. The molecule has 1 aliphatic heterocycles. The highest BCUT2D eigenvalue weighted by Gasteiger charge is 2.25. The van der Waals surface area contributed by atoms with Crippen LogP contribution in [0.15, 0.2) is 91.2 Å². The van der Waals surface area contributed by atoms with Crippen molar-refractivity contribution in [1.82, 2.24) is 4.90 Å². The molecule has 0 spiro atoms. The van der Waals surface area contributed by atoms with Gasteiger partial charge in [0.25, 0.3) is 5.91 Å². The van der Waals surface area contributed by atoms with Crippen molar-refractivity contribution in [2.45, 2.75) is 57.7 Å². The van der Waals surface area contributed by atoms with E-state index in [-0.39, 0.29) is 29.1 Å². The quantitative estimate of drug-likeness (QED) is 0.193. The second-order valence-corrected chi connectivity index (χ2v) is 11.3. The van der Waals surface area contributed by atoms with Gasteiger partial charge in [-0.1, -0.05) is 54.6 Å². The summed E-state index contributed by atoms with van der Waals surface area (Å²) in [5.41, 5.74) is 3.76. The minimum atomic E-state index is -0.955. The third-order valence-corrected chi connectivity index (χ3v) is 7.97. The highest BCUT2D eigenvalue weighted by atomic mass is 16.5. The molecule has 3 unspecified atom stereocenters. The van der Waals surface area contributed by atoms with Crippen molar-refractivity contribution >= 4 is 17.8 Å². The molecule has 0 aromatic heterocycles. The summed E-state index contributed by atoms with van der Waals surface area (Å²) in [5.74, 6) is -1.76. The topological polar surface area (TPSA) is 113 Å². The number of carbonyl (C=O) groups excluding carboxylic acids is 1. The summed E-state index contributed by atoms with van der Waals surface area (Å²) < 4.78 is 11.8. The second kappa shape index (κ2) is 16.4. The number of allylic oxidation sites excluding steroid dienone is 1. The molecule has 4 rings (SSSR count). The van der Waals surface area contributed by atoms with Crippen LogP contribution in [0.1, 0.15) is 63.6 Å². The lowest BCUT2D eigenvalue weighted by Gasteiger charge is -2.31. The van der Waals surface area contributed by atoms with Crippen molar-refractivity contribution in [1.29, 1.82) is 0 Å².